The summed E-state index contributed by atoms with van der Waals surface area (Å²) in [6.07, 6.45) is 4.25. The fourth-order valence-corrected chi connectivity index (χ4v) is 3.36. The Morgan fingerprint density at radius 1 is 1.17 bits per heavy atom. The number of H-pyrrole nitrogens is 1. The Balaban J connectivity index is 1.57. The summed E-state index contributed by atoms with van der Waals surface area (Å²) in [5.41, 5.74) is 1.29. The molecule has 2 aromatic heterocycles. The van der Waals surface area contributed by atoms with Crippen LogP contribution in [0.2, 0.25) is 0 Å². The number of rotatable bonds is 7. The highest BCUT2D eigenvalue weighted by atomic mass is 32.1. The average Bonchev–Trinajstić information content (AvgIpc) is 3.25. The number of Topliss-reactive ketones (excluding diaryl/α,β-unsaturated/α-hetero) is 1. The van der Waals surface area contributed by atoms with E-state index in [2.05, 4.69) is 22.1 Å². The molecule has 4 nitrogen and oxygen atoms in total. The van der Waals surface area contributed by atoms with E-state index in [1.807, 2.05) is 30.3 Å². The number of nitrogens with one attached hydrogen (secondary N) is 1. The van der Waals surface area contributed by atoms with Gasteiger partial charge in [0.25, 0.3) is 0 Å². The van der Waals surface area contributed by atoms with Crippen molar-refractivity contribution in [1.82, 2.24) is 9.97 Å². The molecule has 0 amide bonds. The second kappa shape index (κ2) is 7.35. The lowest BCUT2D eigenvalue weighted by atomic mass is 10.1. The summed E-state index contributed by atoms with van der Waals surface area (Å²) < 4.78 is 0. The third kappa shape index (κ3) is 4.15. The molecule has 1 aromatic carbocycles. The van der Waals surface area contributed by atoms with Gasteiger partial charge in [0.1, 0.15) is 11.9 Å². The molecular weight excluding hydrogens is 308 g/mol. The van der Waals surface area contributed by atoms with Gasteiger partial charge >= 0.3 is 0 Å². The molecule has 5 heteroatoms. The minimum absolute atomic E-state index is 0.0478. The van der Waals surface area contributed by atoms with Gasteiger partial charge in [-0.2, -0.15) is 0 Å². The predicted octanol–water partition coefficient (Wildman–Crippen LogP) is 3.56. The molecule has 0 fully saturated rings. The Kier molecular flexibility index (Phi) is 5.00. The van der Waals surface area contributed by atoms with E-state index in [-0.39, 0.29) is 12.2 Å². The number of benzene rings is 1. The summed E-state index contributed by atoms with van der Waals surface area (Å²) in [4.78, 5) is 20.9. The number of hydrogen-bond acceptors (Lipinski definition) is 4. The van der Waals surface area contributed by atoms with E-state index in [1.54, 1.807) is 12.4 Å². The predicted molar refractivity (Wildman–Crippen MR) is 90.7 cm³/mol. The lowest BCUT2D eigenvalue weighted by Gasteiger charge is -2.05. The molecule has 1 atom stereocenters. The molecule has 3 rings (SSSR count). The van der Waals surface area contributed by atoms with Crippen molar-refractivity contribution < 1.29 is 9.90 Å². The molecule has 2 N–H and O–H groups in total. The second-order valence-electron chi connectivity index (χ2n) is 5.37. The average molecular weight is 326 g/mol. The van der Waals surface area contributed by atoms with Crippen LogP contribution in [0, 0.1) is 0 Å². The van der Waals surface area contributed by atoms with Crippen molar-refractivity contribution in [3.63, 3.8) is 0 Å². The van der Waals surface area contributed by atoms with Crippen molar-refractivity contribution in [3.8, 4) is 0 Å². The van der Waals surface area contributed by atoms with Gasteiger partial charge in [0.2, 0.25) is 0 Å². The maximum absolute atomic E-state index is 12.2. The Hall–Kier alpha value is -2.24. The maximum atomic E-state index is 12.2. The number of carbonyl (C=O) groups excluding carboxylic acids is 1. The van der Waals surface area contributed by atoms with Crippen molar-refractivity contribution in [2.75, 3.05) is 0 Å². The van der Waals surface area contributed by atoms with E-state index < -0.39 is 6.10 Å². The number of nitrogens with zero attached hydrogens (tertiary/aromatic N) is 1. The van der Waals surface area contributed by atoms with Crippen LogP contribution in [0.4, 0.5) is 0 Å². The summed E-state index contributed by atoms with van der Waals surface area (Å²) in [5.74, 6) is 0.379. The molecule has 0 spiro atoms. The highest BCUT2D eigenvalue weighted by molar-refractivity contribution is 7.14. The Bertz CT molecular complexity index is 750. The second-order valence-corrected chi connectivity index (χ2v) is 6.54. The fourth-order valence-electron chi connectivity index (χ4n) is 2.41. The van der Waals surface area contributed by atoms with Gasteiger partial charge in [0, 0.05) is 23.7 Å². The third-order valence-electron chi connectivity index (χ3n) is 3.65. The van der Waals surface area contributed by atoms with E-state index >= 15 is 0 Å². The van der Waals surface area contributed by atoms with E-state index in [1.165, 1.54) is 21.8 Å². The zero-order chi connectivity index (χ0) is 16.1. The number of aromatic nitrogens is 2. The number of aryl methyl sites for hydroxylation is 2. The number of aliphatic hydroxyl groups is 1. The molecule has 0 saturated heterocycles. The first-order chi connectivity index (χ1) is 11.2. The number of aromatic amines is 1. The highest BCUT2D eigenvalue weighted by Crippen LogP contribution is 2.23. The molecular formula is C18H18N2O2S. The number of aliphatic hydroxyl groups excluding tert-OH is 1. The van der Waals surface area contributed by atoms with E-state index in [0.29, 0.717) is 10.7 Å². The Morgan fingerprint density at radius 2 is 2.00 bits per heavy atom. The quantitative estimate of drug-likeness (QED) is 0.652. The van der Waals surface area contributed by atoms with Crippen molar-refractivity contribution in [3.05, 3.63) is 76.0 Å². The highest BCUT2D eigenvalue weighted by Gasteiger charge is 2.17. The topological polar surface area (TPSA) is 66.0 Å². The van der Waals surface area contributed by atoms with Gasteiger partial charge < -0.3 is 10.1 Å². The fraction of sp³-hybridized carbons (Fsp3) is 0.222. The summed E-state index contributed by atoms with van der Waals surface area (Å²) in [7, 11) is 0. The molecule has 23 heavy (non-hydrogen) atoms. The number of imidazole rings is 1. The van der Waals surface area contributed by atoms with Gasteiger partial charge in [0.15, 0.2) is 5.78 Å². The first-order valence-corrected chi connectivity index (χ1v) is 8.37. The zero-order valence-corrected chi connectivity index (χ0v) is 13.4. The molecule has 2 heterocycles. The van der Waals surface area contributed by atoms with Gasteiger partial charge in [-0.15, -0.1) is 11.3 Å². The minimum atomic E-state index is -0.882. The normalized spacial score (nSPS) is 12.2. The molecule has 0 aliphatic rings. The summed E-state index contributed by atoms with van der Waals surface area (Å²) in [6, 6.07) is 14.2. The van der Waals surface area contributed by atoms with Crippen molar-refractivity contribution in [2.45, 2.75) is 25.4 Å². The van der Waals surface area contributed by atoms with Crippen LogP contribution in [0.15, 0.2) is 54.9 Å². The van der Waals surface area contributed by atoms with Gasteiger partial charge in [-0.05, 0) is 30.5 Å². The van der Waals surface area contributed by atoms with Gasteiger partial charge in [-0.3, -0.25) is 4.79 Å². The largest absolute Gasteiger partial charge is 0.385 e. The molecule has 0 radical (unpaired) electrons. The standard InChI is InChI=1S/C18H18N2O2S/c21-15(12-16(22)18-19-10-11-20-18)17-9-8-14(23-17)7-6-13-4-2-1-3-5-13/h1-5,8-11,16,22H,6-7,12H2,(H,19,20). The number of carbonyl (C=O) groups is 1. The minimum Gasteiger partial charge on any atom is -0.385 e. The van der Waals surface area contributed by atoms with E-state index in [4.69, 9.17) is 0 Å². The van der Waals surface area contributed by atoms with Crippen LogP contribution in [-0.4, -0.2) is 20.9 Å². The first-order valence-electron chi connectivity index (χ1n) is 7.55. The number of ketones is 1. The van der Waals surface area contributed by atoms with Crippen LogP contribution in [0.5, 0.6) is 0 Å². The molecule has 0 aliphatic carbocycles. The lowest BCUT2D eigenvalue weighted by Crippen LogP contribution is -2.07. The molecule has 3 aromatic rings. The van der Waals surface area contributed by atoms with Crippen molar-refractivity contribution in [1.29, 1.82) is 0 Å². The SMILES string of the molecule is O=C(CC(O)c1ncc[nH]1)c1ccc(CCc2ccccc2)s1. The van der Waals surface area contributed by atoms with E-state index in [9.17, 15) is 9.90 Å². The Morgan fingerprint density at radius 3 is 2.74 bits per heavy atom. The zero-order valence-electron chi connectivity index (χ0n) is 12.6. The van der Waals surface area contributed by atoms with Gasteiger partial charge in [-0.25, -0.2) is 4.98 Å². The monoisotopic (exact) mass is 326 g/mol. The number of thiophene rings is 1. The Labute approximate surface area is 138 Å². The van der Waals surface area contributed by atoms with E-state index in [0.717, 1.165) is 12.8 Å². The van der Waals surface area contributed by atoms with Crippen LogP contribution >= 0.6 is 11.3 Å². The van der Waals surface area contributed by atoms with Crippen LogP contribution in [0.3, 0.4) is 0 Å². The summed E-state index contributed by atoms with van der Waals surface area (Å²) >= 11 is 1.51. The van der Waals surface area contributed by atoms with Crippen LogP contribution in [-0.2, 0) is 12.8 Å². The smallest absolute Gasteiger partial charge is 0.175 e. The van der Waals surface area contributed by atoms with Crippen molar-refractivity contribution >= 4 is 17.1 Å². The molecule has 0 bridgehead atoms. The van der Waals surface area contributed by atoms with Crippen LogP contribution < -0.4 is 0 Å². The molecule has 118 valence electrons. The molecule has 0 saturated carbocycles. The van der Waals surface area contributed by atoms with Crippen LogP contribution in [0.1, 0.15) is 38.5 Å². The summed E-state index contributed by atoms with van der Waals surface area (Å²) in [5, 5.41) is 9.99. The lowest BCUT2D eigenvalue weighted by molar-refractivity contribution is 0.0873. The van der Waals surface area contributed by atoms with Crippen LogP contribution in [0.25, 0.3) is 0 Å². The van der Waals surface area contributed by atoms with Crippen molar-refractivity contribution in [2.24, 2.45) is 0 Å². The summed E-state index contributed by atoms with van der Waals surface area (Å²) in [6.45, 7) is 0. The molecule has 0 aliphatic heterocycles. The van der Waals surface area contributed by atoms with Gasteiger partial charge in [0.05, 0.1) is 4.88 Å². The first kappa shape index (κ1) is 15.6. The maximum Gasteiger partial charge on any atom is 0.175 e. The molecule has 1 unspecified atom stereocenters. The van der Waals surface area contributed by atoms with Gasteiger partial charge in [-0.1, -0.05) is 30.3 Å². The number of hydrogen-bond donors (Lipinski definition) is 2. The third-order valence-corrected chi connectivity index (χ3v) is 4.84.